The minimum atomic E-state index is -0.0456. The SMILES string of the molecule is Cc1cc([C@@H]2CCCCN2C(=O)CN)nc(-c2c(C)noc2C)n1. The van der Waals surface area contributed by atoms with Crippen LogP contribution in [0.25, 0.3) is 11.4 Å². The number of nitrogens with two attached hydrogens (primary N) is 1. The summed E-state index contributed by atoms with van der Waals surface area (Å²) in [5, 5.41) is 3.98. The maximum Gasteiger partial charge on any atom is 0.236 e. The number of hydrogen-bond acceptors (Lipinski definition) is 6. The van der Waals surface area contributed by atoms with Crippen LogP contribution < -0.4 is 5.73 Å². The lowest BCUT2D eigenvalue weighted by Crippen LogP contribution is -2.42. The van der Waals surface area contributed by atoms with E-state index in [9.17, 15) is 4.79 Å². The number of piperidine rings is 1. The molecule has 3 heterocycles. The van der Waals surface area contributed by atoms with Crippen molar-refractivity contribution >= 4 is 5.91 Å². The zero-order valence-corrected chi connectivity index (χ0v) is 14.4. The average Bonchev–Trinajstić information content (AvgIpc) is 2.92. The number of aromatic nitrogens is 3. The summed E-state index contributed by atoms with van der Waals surface area (Å²) in [6, 6.07) is 1.91. The molecule has 2 N–H and O–H groups in total. The molecule has 0 saturated carbocycles. The molecule has 0 aliphatic carbocycles. The number of aryl methyl sites for hydroxylation is 3. The highest BCUT2D eigenvalue weighted by Gasteiger charge is 2.29. The van der Waals surface area contributed by atoms with E-state index in [0.29, 0.717) is 11.6 Å². The summed E-state index contributed by atoms with van der Waals surface area (Å²) in [5.41, 5.74) is 8.89. The molecule has 1 aliphatic heterocycles. The number of hydrogen-bond donors (Lipinski definition) is 1. The zero-order valence-electron chi connectivity index (χ0n) is 14.4. The van der Waals surface area contributed by atoms with Crippen molar-refractivity contribution in [2.24, 2.45) is 5.73 Å². The van der Waals surface area contributed by atoms with E-state index in [1.165, 1.54) is 0 Å². The van der Waals surface area contributed by atoms with E-state index >= 15 is 0 Å². The van der Waals surface area contributed by atoms with E-state index in [1.54, 1.807) is 0 Å². The molecule has 1 atom stereocenters. The van der Waals surface area contributed by atoms with Crippen molar-refractivity contribution in [3.05, 3.63) is 28.9 Å². The first kappa shape index (κ1) is 16.6. The molecule has 1 fully saturated rings. The largest absolute Gasteiger partial charge is 0.361 e. The number of rotatable bonds is 3. The Kier molecular flexibility index (Phi) is 4.62. The fourth-order valence-corrected chi connectivity index (χ4v) is 3.33. The van der Waals surface area contributed by atoms with Crippen LogP contribution in [0.5, 0.6) is 0 Å². The van der Waals surface area contributed by atoms with E-state index in [4.69, 9.17) is 15.2 Å². The highest BCUT2D eigenvalue weighted by atomic mass is 16.5. The summed E-state index contributed by atoms with van der Waals surface area (Å²) < 4.78 is 5.24. The van der Waals surface area contributed by atoms with Crippen molar-refractivity contribution in [3.63, 3.8) is 0 Å². The molecule has 0 aromatic carbocycles. The Morgan fingerprint density at radius 3 is 2.79 bits per heavy atom. The number of amides is 1. The molecule has 7 nitrogen and oxygen atoms in total. The van der Waals surface area contributed by atoms with E-state index in [-0.39, 0.29) is 18.5 Å². The van der Waals surface area contributed by atoms with Crippen molar-refractivity contribution in [2.45, 2.75) is 46.1 Å². The van der Waals surface area contributed by atoms with Crippen LogP contribution in [-0.4, -0.2) is 39.0 Å². The van der Waals surface area contributed by atoms with Crippen molar-refractivity contribution < 1.29 is 9.32 Å². The van der Waals surface area contributed by atoms with Gasteiger partial charge >= 0.3 is 0 Å². The molecule has 0 unspecified atom stereocenters. The minimum Gasteiger partial charge on any atom is -0.361 e. The van der Waals surface area contributed by atoms with Crippen LogP contribution in [0.4, 0.5) is 0 Å². The highest BCUT2D eigenvalue weighted by Crippen LogP contribution is 2.32. The number of carbonyl (C=O) groups excluding carboxylic acids is 1. The normalized spacial score (nSPS) is 18.0. The number of likely N-dealkylation sites (tertiary alicyclic amines) is 1. The Bertz CT molecular complexity index is 736. The molecular formula is C17H23N5O2. The Balaban J connectivity index is 2.03. The van der Waals surface area contributed by atoms with Crippen LogP contribution in [0.1, 0.15) is 48.1 Å². The van der Waals surface area contributed by atoms with E-state index in [2.05, 4.69) is 10.1 Å². The van der Waals surface area contributed by atoms with Crippen molar-refractivity contribution in [1.82, 2.24) is 20.0 Å². The van der Waals surface area contributed by atoms with Gasteiger partial charge in [-0.2, -0.15) is 0 Å². The molecule has 1 saturated heterocycles. The Morgan fingerprint density at radius 1 is 1.33 bits per heavy atom. The monoisotopic (exact) mass is 329 g/mol. The van der Waals surface area contributed by atoms with Crippen LogP contribution in [0.3, 0.4) is 0 Å². The first-order chi connectivity index (χ1) is 11.5. The predicted octanol–water partition coefficient (Wildman–Crippen LogP) is 2.07. The fourth-order valence-electron chi connectivity index (χ4n) is 3.33. The Hall–Kier alpha value is -2.28. The van der Waals surface area contributed by atoms with Gasteiger partial charge in [-0.25, -0.2) is 9.97 Å². The molecule has 0 bridgehead atoms. The molecule has 2 aromatic heterocycles. The minimum absolute atomic E-state index is 0.0251. The quantitative estimate of drug-likeness (QED) is 0.925. The van der Waals surface area contributed by atoms with Gasteiger partial charge in [-0.3, -0.25) is 4.79 Å². The molecule has 2 aromatic rings. The standard InChI is InChI=1S/C17H23N5O2/c1-10-8-13(14-6-4-5-7-22(14)15(23)9-18)20-17(19-10)16-11(2)21-24-12(16)3/h8,14H,4-7,9,18H2,1-3H3/t14-/m0/s1. The molecule has 128 valence electrons. The van der Waals surface area contributed by atoms with E-state index in [0.717, 1.165) is 48.5 Å². The van der Waals surface area contributed by atoms with Gasteiger partial charge in [0.2, 0.25) is 5.91 Å². The van der Waals surface area contributed by atoms with Gasteiger partial charge in [-0.05, 0) is 46.1 Å². The lowest BCUT2D eigenvalue weighted by atomic mass is 9.98. The summed E-state index contributed by atoms with van der Waals surface area (Å²) in [5.74, 6) is 1.27. The van der Waals surface area contributed by atoms with E-state index < -0.39 is 0 Å². The molecule has 0 spiro atoms. The van der Waals surface area contributed by atoms with Gasteiger partial charge in [-0.1, -0.05) is 5.16 Å². The molecule has 3 rings (SSSR count). The van der Waals surface area contributed by atoms with Gasteiger partial charge < -0.3 is 15.2 Å². The lowest BCUT2D eigenvalue weighted by Gasteiger charge is -2.35. The van der Waals surface area contributed by atoms with Crippen molar-refractivity contribution in [1.29, 1.82) is 0 Å². The first-order valence-electron chi connectivity index (χ1n) is 8.29. The third-order valence-corrected chi connectivity index (χ3v) is 4.47. The maximum atomic E-state index is 12.2. The maximum absolute atomic E-state index is 12.2. The molecule has 1 aliphatic rings. The summed E-state index contributed by atoms with van der Waals surface area (Å²) in [6.07, 6.45) is 2.97. The topological polar surface area (TPSA) is 98.1 Å². The van der Waals surface area contributed by atoms with Gasteiger partial charge in [0.1, 0.15) is 5.76 Å². The summed E-state index contributed by atoms with van der Waals surface area (Å²) in [4.78, 5) is 23.3. The summed E-state index contributed by atoms with van der Waals surface area (Å²) in [7, 11) is 0. The van der Waals surface area contributed by atoms with Gasteiger partial charge in [-0.15, -0.1) is 0 Å². The second-order valence-corrected chi connectivity index (χ2v) is 6.26. The molecular weight excluding hydrogens is 306 g/mol. The summed E-state index contributed by atoms with van der Waals surface area (Å²) in [6.45, 7) is 6.42. The molecule has 1 amide bonds. The zero-order chi connectivity index (χ0) is 17.3. The van der Waals surface area contributed by atoms with Crippen LogP contribution >= 0.6 is 0 Å². The van der Waals surface area contributed by atoms with Crippen molar-refractivity contribution in [2.75, 3.05) is 13.1 Å². The number of carbonyl (C=O) groups is 1. The van der Waals surface area contributed by atoms with Crippen molar-refractivity contribution in [3.8, 4) is 11.4 Å². The van der Waals surface area contributed by atoms with Gasteiger partial charge in [0.05, 0.1) is 29.5 Å². The fraction of sp³-hybridized carbons (Fsp3) is 0.529. The number of nitrogens with zero attached hydrogens (tertiary/aromatic N) is 4. The average molecular weight is 329 g/mol. The van der Waals surface area contributed by atoms with Gasteiger partial charge in [0, 0.05) is 12.2 Å². The highest BCUT2D eigenvalue weighted by molar-refractivity contribution is 5.78. The van der Waals surface area contributed by atoms with Gasteiger partial charge in [0.25, 0.3) is 0 Å². The van der Waals surface area contributed by atoms with Crippen LogP contribution in [-0.2, 0) is 4.79 Å². The van der Waals surface area contributed by atoms with Crippen LogP contribution in [0, 0.1) is 20.8 Å². The van der Waals surface area contributed by atoms with Crippen LogP contribution in [0.2, 0.25) is 0 Å². The molecule has 7 heteroatoms. The second-order valence-electron chi connectivity index (χ2n) is 6.26. The smallest absolute Gasteiger partial charge is 0.236 e. The Labute approximate surface area is 141 Å². The predicted molar refractivity (Wildman–Crippen MR) is 89.1 cm³/mol. The van der Waals surface area contributed by atoms with Crippen LogP contribution in [0.15, 0.2) is 10.6 Å². The molecule has 0 radical (unpaired) electrons. The van der Waals surface area contributed by atoms with Gasteiger partial charge in [0.15, 0.2) is 5.82 Å². The van der Waals surface area contributed by atoms with E-state index in [1.807, 2.05) is 31.7 Å². The lowest BCUT2D eigenvalue weighted by molar-refractivity contribution is -0.133. The third kappa shape index (κ3) is 3.03. The third-order valence-electron chi connectivity index (χ3n) is 4.47. The molecule has 24 heavy (non-hydrogen) atoms. The summed E-state index contributed by atoms with van der Waals surface area (Å²) >= 11 is 0. The second kappa shape index (κ2) is 6.68. The Morgan fingerprint density at radius 2 is 2.12 bits per heavy atom. The first-order valence-corrected chi connectivity index (χ1v) is 8.29.